The lowest BCUT2D eigenvalue weighted by molar-refractivity contribution is 0.462. The molecule has 0 saturated carbocycles. The topological polar surface area (TPSA) is 0 Å². The Morgan fingerprint density at radius 1 is 1.14 bits per heavy atom. The summed E-state index contributed by atoms with van der Waals surface area (Å²) in [7, 11) is -2.11. The predicted octanol–water partition coefficient (Wildman–Crippen LogP) is 3.65. The Morgan fingerprint density at radius 3 is 2.07 bits per heavy atom. The van der Waals surface area contributed by atoms with E-state index in [2.05, 4.69) is 25.2 Å². The van der Waals surface area contributed by atoms with Crippen molar-refractivity contribution in [3.05, 3.63) is 30.3 Å². The quantitative estimate of drug-likeness (QED) is 0.651. The van der Waals surface area contributed by atoms with Gasteiger partial charge in [0, 0.05) is 2.74 Å². The van der Waals surface area contributed by atoms with Crippen molar-refractivity contribution in [1.29, 1.82) is 0 Å². The Morgan fingerprint density at radius 2 is 1.64 bits per heavy atom. The van der Waals surface area contributed by atoms with Gasteiger partial charge in [0.15, 0.2) is 0 Å². The highest BCUT2D eigenvalue weighted by Gasteiger charge is 2.28. The molecule has 0 aliphatic heterocycles. The fourth-order valence-electron chi connectivity index (χ4n) is 1.86. The first kappa shape index (κ1) is 8.72. The Hall–Kier alpha value is -0.563. The Bertz CT molecular complexity index is 350. The van der Waals surface area contributed by atoms with Gasteiger partial charge in [-0.05, 0) is 11.4 Å². The number of hydrogen-bond donors (Lipinski definition) is 0. The molecule has 0 nitrogen and oxygen atoms in total. The van der Waals surface area contributed by atoms with E-state index in [1.165, 1.54) is 5.19 Å². The maximum atomic E-state index is 8.45. The van der Waals surface area contributed by atoms with Crippen LogP contribution in [0.5, 0.6) is 0 Å². The van der Waals surface area contributed by atoms with E-state index in [4.69, 9.17) is 2.74 Å². The van der Waals surface area contributed by atoms with Gasteiger partial charge in [-0.2, -0.15) is 0 Å². The lowest BCUT2D eigenvalue weighted by atomic mass is 10.0. The molecule has 0 atom stereocenters. The van der Waals surface area contributed by atoms with Crippen molar-refractivity contribution in [3.8, 4) is 0 Å². The lowest BCUT2D eigenvalue weighted by Crippen LogP contribution is -2.44. The molecule has 0 aliphatic carbocycles. The number of rotatable bonds is 2. The predicted molar refractivity (Wildman–Crippen MR) is 67.8 cm³/mol. The van der Waals surface area contributed by atoms with E-state index in [0.29, 0.717) is 0 Å². The molecular weight excluding hydrogens is 184 g/mol. The maximum Gasteiger partial charge on any atom is 0.0811 e. The van der Waals surface area contributed by atoms with Crippen LogP contribution in [0.25, 0.3) is 0 Å². The molecule has 0 saturated heterocycles. The minimum atomic E-state index is -2.11. The van der Waals surface area contributed by atoms with Crippen molar-refractivity contribution in [2.24, 2.45) is 5.41 Å². The second-order valence-electron chi connectivity index (χ2n) is 5.37. The fourth-order valence-corrected chi connectivity index (χ4v) is 4.91. The molecule has 0 N–H and O–H groups in total. The molecule has 78 valence electrons. The first-order valence-corrected chi connectivity index (χ1v) is 8.16. The third-order valence-corrected chi connectivity index (χ3v) is 5.33. The molecular formula is C13H22Si. The van der Waals surface area contributed by atoms with Gasteiger partial charge in [-0.15, -0.1) is 0 Å². The van der Waals surface area contributed by atoms with Crippen molar-refractivity contribution in [3.63, 3.8) is 0 Å². The molecule has 0 unspecified atom stereocenters. The summed E-state index contributed by atoms with van der Waals surface area (Å²) in [5.41, 5.74) is -0.321. The van der Waals surface area contributed by atoms with Crippen LogP contribution >= 0.6 is 0 Å². The molecule has 0 aliphatic rings. The molecule has 0 radical (unpaired) electrons. The second-order valence-corrected chi connectivity index (χ2v) is 9.44. The molecule has 1 aromatic rings. The summed E-state index contributed by atoms with van der Waals surface area (Å²) >= 11 is 0. The average Bonchev–Trinajstić information content (AvgIpc) is 2.17. The smallest absolute Gasteiger partial charge is 0.0654 e. The van der Waals surface area contributed by atoms with Crippen LogP contribution in [0.1, 0.15) is 23.5 Å². The average molecular weight is 208 g/mol. The summed E-state index contributed by atoms with van der Waals surface area (Å²) in [4.78, 5) is 0. The second kappa shape index (κ2) is 3.89. The van der Waals surface area contributed by atoms with E-state index in [1.807, 2.05) is 39.0 Å². The van der Waals surface area contributed by atoms with Crippen LogP contribution in [-0.2, 0) is 0 Å². The highest BCUT2D eigenvalue weighted by Crippen LogP contribution is 2.27. The van der Waals surface area contributed by atoms with Gasteiger partial charge in [-0.1, -0.05) is 69.4 Å². The molecule has 1 heteroatoms. The molecule has 0 heterocycles. The van der Waals surface area contributed by atoms with E-state index in [-0.39, 0.29) is 5.41 Å². The van der Waals surface area contributed by atoms with Gasteiger partial charge in [0.05, 0.1) is 8.07 Å². The highest BCUT2D eigenvalue weighted by molar-refractivity contribution is 6.89. The summed E-state index contributed by atoms with van der Waals surface area (Å²) in [6.07, 6.45) is 0. The van der Waals surface area contributed by atoms with Gasteiger partial charge in [0.25, 0.3) is 0 Å². The standard InChI is InChI=1S/C13H22Si/c1-13(2,3)11-14(4,5)12-9-7-6-8-10-12/h6-10H,11H2,1-5H3/i11D2. The maximum absolute atomic E-state index is 8.45. The van der Waals surface area contributed by atoms with E-state index in [0.717, 1.165) is 0 Å². The van der Waals surface area contributed by atoms with Crippen LogP contribution < -0.4 is 5.19 Å². The van der Waals surface area contributed by atoms with Gasteiger partial charge < -0.3 is 0 Å². The summed E-state index contributed by atoms with van der Waals surface area (Å²) in [5.74, 6) is -1.12. The summed E-state index contributed by atoms with van der Waals surface area (Å²) in [6.45, 7) is 10.2. The summed E-state index contributed by atoms with van der Waals surface area (Å²) in [5, 5.41) is 1.19. The van der Waals surface area contributed by atoms with Crippen LogP contribution in [0.2, 0.25) is 19.1 Å². The summed E-state index contributed by atoms with van der Waals surface area (Å²) < 4.78 is 16.9. The normalized spacial score (nSPS) is 16.1. The molecule has 0 spiro atoms. The largest absolute Gasteiger partial charge is 0.0811 e. The Balaban J connectivity index is 3.22. The van der Waals surface area contributed by atoms with E-state index in [9.17, 15) is 0 Å². The Labute approximate surface area is 92.2 Å². The van der Waals surface area contributed by atoms with Gasteiger partial charge >= 0.3 is 0 Å². The SMILES string of the molecule is [2H]C([2H])(C(C)(C)C)[Si](C)(C)c1ccccc1. The van der Waals surface area contributed by atoms with E-state index >= 15 is 0 Å². The van der Waals surface area contributed by atoms with Crippen molar-refractivity contribution in [2.75, 3.05) is 0 Å². The van der Waals surface area contributed by atoms with Gasteiger partial charge in [0.2, 0.25) is 0 Å². The molecule has 0 amide bonds. The minimum absolute atomic E-state index is 0.321. The first-order chi connectivity index (χ1) is 7.11. The lowest BCUT2D eigenvalue weighted by Gasteiger charge is -2.31. The number of benzene rings is 1. The monoisotopic (exact) mass is 208 g/mol. The number of hydrogen-bond acceptors (Lipinski definition) is 0. The zero-order chi connectivity index (χ0) is 12.6. The summed E-state index contributed by atoms with van der Waals surface area (Å²) in [6, 6.07) is 10.1. The van der Waals surface area contributed by atoms with Crippen LogP contribution in [-0.4, -0.2) is 8.07 Å². The van der Waals surface area contributed by atoms with Crippen molar-refractivity contribution < 1.29 is 2.74 Å². The van der Waals surface area contributed by atoms with Gasteiger partial charge in [-0.3, -0.25) is 0 Å². The van der Waals surface area contributed by atoms with Crippen LogP contribution in [0.3, 0.4) is 0 Å². The van der Waals surface area contributed by atoms with Gasteiger partial charge in [0.1, 0.15) is 0 Å². The molecule has 0 fully saturated rings. The van der Waals surface area contributed by atoms with E-state index < -0.39 is 14.1 Å². The third kappa shape index (κ3) is 3.30. The van der Waals surface area contributed by atoms with Gasteiger partial charge in [-0.25, -0.2) is 0 Å². The van der Waals surface area contributed by atoms with Crippen LogP contribution in [0.15, 0.2) is 30.3 Å². The molecule has 1 rings (SSSR count). The first-order valence-electron chi connectivity index (χ1n) is 6.16. The van der Waals surface area contributed by atoms with Crippen molar-refractivity contribution in [1.82, 2.24) is 0 Å². The fraction of sp³-hybridized carbons (Fsp3) is 0.538. The van der Waals surface area contributed by atoms with Crippen molar-refractivity contribution >= 4 is 13.3 Å². The zero-order valence-electron chi connectivity index (χ0n) is 11.9. The zero-order valence-corrected chi connectivity index (χ0v) is 10.9. The molecule has 0 aromatic heterocycles. The van der Waals surface area contributed by atoms with E-state index in [1.54, 1.807) is 0 Å². The Kier molecular flexibility index (Phi) is 2.43. The minimum Gasteiger partial charge on any atom is -0.0654 e. The van der Waals surface area contributed by atoms with Crippen LogP contribution in [0, 0.1) is 5.41 Å². The highest BCUT2D eigenvalue weighted by atomic mass is 28.3. The molecule has 1 aromatic carbocycles. The molecule has 0 bridgehead atoms. The van der Waals surface area contributed by atoms with Crippen LogP contribution in [0.4, 0.5) is 0 Å². The third-order valence-electron chi connectivity index (χ3n) is 2.18. The van der Waals surface area contributed by atoms with Crippen molar-refractivity contribution in [2.45, 2.75) is 39.9 Å². The molecule has 14 heavy (non-hydrogen) atoms.